The summed E-state index contributed by atoms with van der Waals surface area (Å²) in [4.78, 5) is 15.1. The average Bonchev–Trinajstić information content (AvgIpc) is 2.66. The summed E-state index contributed by atoms with van der Waals surface area (Å²) in [6.07, 6.45) is 2.50. The Hall–Kier alpha value is -1.62. The Morgan fingerprint density at radius 1 is 0.962 bits per heavy atom. The number of benzene rings is 2. The van der Waals surface area contributed by atoms with Gasteiger partial charge in [0.25, 0.3) is 0 Å². The molecule has 0 aromatic heterocycles. The standard InChI is InChI=1S/C22H29NO2S/c1-17(2)14-20(21(24)22(25)26-3)23(15-18-10-6-4-7-11-18)16-19-12-8-5-9-13-19/h4-13,17,20,22,25H,14-16H2,1-3H3. The molecule has 0 heterocycles. The molecule has 2 unspecified atom stereocenters. The summed E-state index contributed by atoms with van der Waals surface area (Å²) in [7, 11) is 0. The van der Waals surface area contributed by atoms with E-state index in [0.717, 1.165) is 6.42 Å². The molecule has 2 aromatic rings. The molecule has 140 valence electrons. The van der Waals surface area contributed by atoms with E-state index < -0.39 is 5.44 Å². The fraction of sp³-hybridized carbons (Fsp3) is 0.409. The predicted octanol–water partition coefficient (Wildman–Crippen LogP) is 4.35. The van der Waals surface area contributed by atoms with E-state index in [0.29, 0.717) is 19.0 Å². The first-order valence-electron chi connectivity index (χ1n) is 9.07. The monoisotopic (exact) mass is 371 g/mol. The first-order valence-corrected chi connectivity index (χ1v) is 10.4. The number of thioether (sulfide) groups is 1. The maximum Gasteiger partial charge on any atom is 0.188 e. The van der Waals surface area contributed by atoms with E-state index in [1.54, 1.807) is 6.26 Å². The van der Waals surface area contributed by atoms with E-state index in [1.165, 1.54) is 22.9 Å². The van der Waals surface area contributed by atoms with Crippen molar-refractivity contribution in [1.82, 2.24) is 4.90 Å². The van der Waals surface area contributed by atoms with Crippen LogP contribution in [0.3, 0.4) is 0 Å². The lowest BCUT2D eigenvalue weighted by molar-refractivity contribution is -0.129. The van der Waals surface area contributed by atoms with Crippen molar-refractivity contribution in [1.29, 1.82) is 0 Å². The number of carbonyl (C=O) groups excluding carboxylic acids is 1. The largest absolute Gasteiger partial charge is 0.375 e. The van der Waals surface area contributed by atoms with Gasteiger partial charge >= 0.3 is 0 Å². The number of aliphatic hydroxyl groups is 1. The third kappa shape index (κ3) is 6.27. The Balaban J connectivity index is 2.31. The van der Waals surface area contributed by atoms with Crippen molar-refractivity contribution < 1.29 is 9.90 Å². The zero-order valence-electron chi connectivity index (χ0n) is 15.8. The molecule has 0 aliphatic heterocycles. The first kappa shape index (κ1) is 20.7. The first-order chi connectivity index (χ1) is 12.5. The van der Waals surface area contributed by atoms with Gasteiger partial charge in [-0.3, -0.25) is 9.69 Å². The fourth-order valence-electron chi connectivity index (χ4n) is 3.08. The van der Waals surface area contributed by atoms with Crippen LogP contribution in [0.5, 0.6) is 0 Å². The van der Waals surface area contributed by atoms with Crippen molar-refractivity contribution in [2.75, 3.05) is 6.26 Å². The Kier molecular flexibility index (Phi) is 8.36. The number of rotatable bonds is 10. The van der Waals surface area contributed by atoms with Crippen molar-refractivity contribution in [3.63, 3.8) is 0 Å². The number of hydrogen-bond acceptors (Lipinski definition) is 4. The van der Waals surface area contributed by atoms with Crippen LogP contribution >= 0.6 is 11.8 Å². The normalized spacial score (nSPS) is 13.8. The molecule has 0 saturated heterocycles. The predicted molar refractivity (Wildman–Crippen MR) is 110 cm³/mol. The van der Waals surface area contributed by atoms with Crippen LogP contribution in [0.25, 0.3) is 0 Å². The van der Waals surface area contributed by atoms with Crippen molar-refractivity contribution in [2.45, 2.75) is 44.8 Å². The van der Waals surface area contributed by atoms with E-state index in [-0.39, 0.29) is 11.8 Å². The molecule has 2 aromatic carbocycles. The molecule has 26 heavy (non-hydrogen) atoms. The van der Waals surface area contributed by atoms with Crippen molar-refractivity contribution in [3.8, 4) is 0 Å². The van der Waals surface area contributed by atoms with Gasteiger partial charge < -0.3 is 5.11 Å². The second kappa shape index (κ2) is 10.5. The Morgan fingerprint density at radius 3 is 1.81 bits per heavy atom. The number of aliphatic hydroxyl groups excluding tert-OH is 1. The van der Waals surface area contributed by atoms with Crippen LogP contribution < -0.4 is 0 Å². The van der Waals surface area contributed by atoms with E-state index >= 15 is 0 Å². The minimum Gasteiger partial charge on any atom is -0.375 e. The molecule has 4 heteroatoms. The Bertz CT molecular complexity index is 619. The number of ketones is 1. The molecule has 1 N–H and O–H groups in total. The van der Waals surface area contributed by atoms with Gasteiger partial charge in [0.15, 0.2) is 11.2 Å². The molecule has 2 rings (SSSR count). The highest BCUT2D eigenvalue weighted by Crippen LogP contribution is 2.22. The highest BCUT2D eigenvalue weighted by molar-refractivity contribution is 7.99. The van der Waals surface area contributed by atoms with Gasteiger partial charge in [0, 0.05) is 13.1 Å². The molecule has 0 amide bonds. The van der Waals surface area contributed by atoms with Crippen LogP contribution in [-0.4, -0.2) is 33.5 Å². The summed E-state index contributed by atoms with van der Waals surface area (Å²) < 4.78 is 0. The van der Waals surface area contributed by atoms with Gasteiger partial charge in [0.05, 0.1) is 6.04 Å². The lowest BCUT2D eigenvalue weighted by Crippen LogP contribution is -2.45. The number of hydrogen-bond donors (Lipinski definition) is 1. The summed E-state index contributed by atoms with van der Waals surface area (Å²) in [5.74, 6) is 0.269. The second-order valence-electron chi connectivity index (χ2n) is 7.01. The smallest absolute Gasteiger partial charge is 0.188 e. The number of nitrogens with zero attached hydrogens (tertiary/aromatic N) is 1. The highest BCUT2D eigenvalue weighted by atomic mass is 32.2. The van der Waals surface area contributed by atoms with E-state index in [1.807, 2.05) is 36.4 Å². The summed E-state index contributed by atoms with van der Waals surface area (Å²) >= 11 is 1.20. The van der Waals surface area contributed by atoms with E-state index in [2.05, 4.69) is 43.0 Å². The zero-order valence-corrected chi connectivity index (χ0v) is 16.7. The second-order valence-corrected chi connectivity index (χ2v) is 7.93. The van der Waals surface area contributed by atoms with Gasteiger partial charge in [-0.05, 0) is 29.7 Å². The zero-order chi connectivity index (χ0) is 18.9. The minimum atomic E-state index is -0.979. The molecule has 2 atom stereocenters. The van der Waals surface area contributed by atoms with Gasteiger partial charge in [-0.2, -0.15) is 0 Å². The minimum absolute atomic E-state index is 0.0990. The third-order valence-electron chi connectivity index (χ3n) is 4.39. The van der Waals surface area contributed by atoms with Crippen LogP contribution in [0.4, 0.5) is 0 Å². The van der Waals surface area contributed by atoms with Crippen LogP contribution in [-0.2, 0) is 17.9 Å². The van der Waals surface area contributed by atoms with Gasteiger partial charge in [-0.25, -0.2) is 0 Å². The van der Waals surface area contributed by atoms with Gasteiger partial charge in [0.1, 0.15) is 0 Å². The number of carbonyl (C=O) groups is 1. The van der Waals surface area contributed by atoms with Crippen molar-refractivity contribution in [2.24, 2.45) is 5.92 Å². The summed E-state index contributed by atoms with van der Waals surface area (Å²) in [5, 5.41) is 10.2. The highest BCUT2D eigenvalue weighted by Gasteiger charge is 2.31. The lowest BCUT2D eigenvalue weighted by Gasteiger charge is -2.33. The molecule has 0 aliphatic carbocycles. The van der Waals surface area contributed by atoms with Crippen LogP contribution in [0.1, 0.15) is 31.4 Å². The SMILES string of the molecule is CSC(O)C(=O)C(CC(C)C)N(Cc1ccccc1)Cc1ccccc1. The van der Waals surface area contributed by atoms with E-state index in [9.17, 15) is 9.90 Å². The van der Waals surface area contributed by atoms with Crippen LogP contribution in [0, 0.1) is 5.92 Å². The fourth-order valence-corrected chi connectivity index (χ4v) is 3.47. The van der Waals surface area contributed by atoms with Gasteiger partial charge in [0.2, 0.25) is 0 Å². The topological polar surface area (TPSA) is 40.5 Å². The molecule has 0 radical (unpaired) electrons. The van der Waals surface area contributed by atoms with Crippen LogP contribution in [0.15, 0.2) is 60.7 Å². The number of Topliss-reactive ketones (excluding diaryl/α,β-unsaturated/α-hetero) is 1. The quantitative estimate of drug-likeness (QED) is 0.630. The molecular weight excluding hydrogens is 342 g/mol. The Labute approximate surface area is 161 Å². The average molecular weight is 372 g/mol. The molecule has 0 fully saturated rings. The molecule has 0 spiro atoms. The van der Waals surface area contributed by atoms with Crippen LogP contribution in [0.2, 0.25) is 0 Å². The van der Waals surface area contributed by atoms with Gasteiger partial charge in [-0.15, -0.1) is 11.8 Å². The van der Waals surface area contributed by atoms with Crippen molar-refractivity contribution >= 4 is 17.5 Å². The lowest BCUT2D eigenvalue weighted by atomic mass is 9.97. The van der Waals surface area contributed by atoms with Crippen molar-refractivity contribution in [3.05, 3.63) is 71.8 Å². The molecule has 0 aliphatic rings. The molecule has 3 nitrogen and oxygen atoms in total. The maximum atomic E-state index is 12.9. The van der Waals surface area contributed by atoms with Gasteiger partial charge in [-0.1, -0.05) is 74.5 Å². The Morgan fingerprint density at radius 2 is 1.42 bits per heavy atom. The molecular formula is C22H29NO2S. The molecule has 0 saturated carbocycles. The summed E-state index contributed by atoms with van der Waals surface area (Å²) in [6.45, 7) is 5.60. The van der Waals surface area contributed by atoms with E-state index in [4.69, 9.17) is 0 Å². The third-order valence-corrected chi connectivity index (χ3v) is 5.07. The summed E-state index contributed by atoms with van der Waals surface area (Å²) in [6, 6.07) is 20.1. The maximum absolute atomic E-state index is 12.9. The summed E-state index contributed by atoms with van der Waals surface area (Å²) in [5.41, 5.74) is 1.36. The molecule has 0 bridgehead atoms.